The van der Waals surface area contributed by atoms with Crippen LogP contribution >= 0.6 is 23.4 Å². The molecule has 0 aromatic heterocycles. The summed E-state index contributed by atoms with van der Waals surface area (Å²) < 4.78 is 0. The number of hydrogen-bond acceptors (Lipinski definition) is 2. The predicted molar refractivity (Wildman–Crippen MR) is 85.1 cm³/mol. The van der Waals surface area contributed by atoms with Crippen LogP contribution in [0.5, 0.6) is 0 Å². The van der Waals surface area contributed by atoms with E-state index in [1.165, 1.54) is 0 Å². The van der Waals surface area contributed by atoms with Crippen molar-refractivity contribution in [2.45, 2.75) is 16.8 Å². The Morgan fingerprint density at radius 2 is 1.65 bits per heavy atom. The molecule has 0 radical (unpaired) electrons. The first kappa shape index (κ1) is 14.9. The topological polar surface area (TPSA) is 29.1 Å². The van der Waals surface area contributed by atoms with Gasteiger partial charge in [0.2, 0.25) is 5.91 Å². The maximum atomic E-state index is 11.9. The summed E-state index contributed by atoms with van der Waals surface area (Å²) in [5.41, 5.74) is 1.07. The standard InChI is InChI=1S/C16H16ClNOS/c17-15(12-20-14-9-5-2-6-10-14)16(19)18-11-13-7-3-1-4-8-13/h1-10,15H,11-12H2,(H,18,19). The summed E-state index contributed by atoms with van der Waals surface area (Å²) in [6, 6.07) is 19.7. The van der Waals surface area contributed by atoms with E-state index in [4.69, 9.17) is 11.6 Å². The Bertz CT molecular complexity index is 533. The zero-order chi connectivity index (χ0) is 14.2. The van der Waals surface area contributed by atoms with E-state index in [1.807, 2.05) is 60.7 Å². The average Bonchev–Trinajstić information content (AvgIpc) is 2.52. The smallest absolute Gasteiger partial charge is 0.239 e. The predicted octanol–water partition coefficient (Wildman–Crippen LogP) is 3.70. The molecule has 0 spiro atoms. The number of thioether (sulfide) groups is 1. The fourth-order valence-electron chi connectivity index (χ4n) is 1.66. The molecule has 1 unspecified atom stereocenters. The van der Waals surface area contributed by atoms with Crippen molar-refractivity contribution in [1.29, 1.82) is 0 Å². The molecule has 0 bridgehead atoms. The molecule has 2 rings (SSSR count). The van der Waals surface area contributed by atoms with Gasteiger partial charge in [0.15, 0.2) is 0 Å². The lowest BCUT2D eigenvalue weighted by atomic mass is 10.2. The van der Waals surface area contributed by atoms with E-state index in [9.17, 15) is 4.79 Å². The van der Waals surface area contributed by atoms with Crippen LogP contribution in [0.2, 0.25) is 0 Å². The second kappa shape index (κ2) is 7.98. The number of amides is 1. The molecule has 0 heterocycles. The summed E-state index contributed by atoms with van der Waals surface area (Å²) in [6.07, 6.45) is 0. The number of benzene rings is 2. The number of nitrogens with one attached hydrogen (secondary N) is 1. The highest BCUT2D eigenvalue weighted by Crippen LogP contribution is 2.19. The van der Waals surface area contributed by atoms with Gasteiger partial charge in [-0.2, -0.15) is 0 Å². The quantitative estimate of drug-likeness (QED) is 0.651. The minimum absolute atomic E-state index is 0.126. The van der Waals surface area contributed by atoms with Crippen molar-refractivity contribution in [3.8, 4) is 0 Å². The molecule has 0 fully saturated rings. The molecule has 4 heteroatoms. The Morgan fingerprint density at radius 1 is 1.05 bits per heavy atom. The molecule has 0 aliphatic heterocycles. The van der Waals surface area contributed by atoms with Gasteiger partial charge in [-0.3, -0.25) is 4.79 Å². The van der Waals surface area contributed by atoms with Crippen molar-refractivity contribution in [2.75, 3.05) is 5.75 Å². The van der Waals surface area contributed by atoms with Crippen LogP contribution in [-0.4, -0.2) is 17.0 Å². The summed E-state index contributed by atoms with van der Waals surface area (Å²) in [5.74, 6) is 0.436. The highest BCUT2D eigenvalue weighted by atomic mass is 35.5. The fraction of sp³-hybridized carbons (Fsp3) is 0.188. The lowest BCUT2D eigenvalue weighted by Crippen LogP contribution is -2.32. The summed E-state index contributed by atoms with van der Waals surface area (Å²) in [6.45, 7) is 0.513. The highest BCUT2D eigenvalue weighted by molar-refractivity contribution is 7.99. The minimum Gasteiger partial charge on any atom is -0.351 e. The molecule has 2 aromatic rings. The Hall–Kier alpha value is -1.45. The number of hydrogen-bond donors (Lipinski definition) is 1. The molecule has 2 nitrogen and oxygen atoms in total. The Balaban J connectivity index is 1.75. The van der Waals surface area contributed by atoms with Crippen LogP contribution in [0.4, 0.5) is 0 Å². The molecule has 0 saturated heterocycles. The van der Waals surface area contributed by atoms with Gasteiger partial charge in [0.05, 0.1) is 0 Å². The SMILES string of the molecule is O=C(NCc1ccccc1)C(Cl)CSc1ccccc1. The fourth-order valence-corrected chi connectivity index (χ4v) is 2.76. The third kappa shape index (κ3) is 4.91. The Kier molecular flexibility index (Phi) is 5.96. The molecule has 0 aliphatic carbocycles. The lowest BCUT2D eigenvalue weighted by molar-refractivity contribution is -0.120. The average molecular weight is 306 g/mol. The monoisotopic (exact) mass is 305 g/mol. The zero-order valence-corrected chi connectivity index (χ0v) is 12.5. The van der Waals surface area contributed by atoms with Gasteiger partial charge in [0.25, 0.3) is 0 Å². The third-order valence-electron chi connectivity index (χ3n) is 2.73. The second-order valence-corrected chi connectivity index (χ2v) is 5.92. The highest BCUT2D eigenvalue weighted by Gasteiger charge is 2.15. The summed E-state index contributed by atoms with van der Waals surface area (Å²) >= 11 is 7.70. The molecule has 1 N–H and O–H groups in total. The van der Waals surface area contributed by atoms with Crippen molar-refractivity contribution in [1.82, 2.24) is 5.32 Å². The van der Waals surface area contributed by atoms with Crippen molar-refractivity contribution in [2.24, 2.45) is 0 Å². The van der Waals surface area contributed by atoms with Gasteiger partial charge in [-0.25, -0.2) is 0 Å². The van der Waals surface area contributed by atoms with Crippen LogP contribution in [0.15, 0.2) is 65.6 Å². The Morgan fingerprint density at radius 3 is 2.30 bits per heavy atom. The Labute approximate surface area is 128 Å². The van der Waals surface area contributed by atoms with Gasteiger partial charge in [-0.15, -0.1) is 23.4 Å². The first-order chi connectivity index (χ1) is 9.75. The summed E-state index contributed by atoms with van der Waals surface area (Å²) in [5, 5.41) is 2.33. The second-order valence-electron chi connectivity index (χ2n) is 4.29. The first-order valence-electron chi connectivity index (χ1n) is 6.39. The van der Waals surface area contributed by atoms with Crippen LogP contribution in [-0.2, 0) is 11.3 Å². The van der Waals surface area contributed by atoms with Gasteiger partial charge in [-0.1, -0.05) is 48.5 Å². The normalized spacial score (nSPS) is 11.8. The van der Waals surface area contributed by atoms with Crippen molar-refractivity contribution < 1.29 is 4.79 Å². The number of carbonyl (C=O) groups is 1. The van der Waals surface area contributed by atoms with Crippen molar-refractivity contribution in [3.05, 3.63) is 66.2 Å². The van der Waals surface area contributed by atoms with Crippen molar-refractivity contribution >= 4 is 29.3 Å². The minimum atomic E-state index is -0.524. The van der Waals surface area contributed by atoms with Gasteiger partial charge in [0, 0.05) is 17.2 Å². The number of carbonyl (C=O) groups excluding carboxylic acids is 1. The van der Waals surface area contributed by atoms with Crippen molar-refractivity contribution in [3.63, 3.8) is 0 Å². The molecule has 1 atom stereocenters. The van der Waals surface area contributed by atoms with E-state index in [1.54, 1.807) is 11.8 Å². The first-order valence-corrected chi connectivity index (χ1v) is 7.81. The van der Waals surface area contributed by atoms with Crippen LogP contribution in [0.3, 0.4) is 0 Å². The number of alkyl halides is 1. The van der Waals surface area contributed by atoms with Crippen LogP contribution in [0.25, 0.3) is 0 Å². The van der Waals surface area contributed by atoms with Gasteiger partial charge < -0.3 is 5.32 Å². The lowest BCUT2D eigenvalue weighted by Gasteiger charge is -2.10. The molecule has 20 heavy (non-hydrogen) atoms. The van der Waals surface area contributed by atoms with E-state index in [0.29, 0.717) is 12.3 Å². The van der Waals surface area contributed by atoms with Crippen LogP contribution in [0, 0.1) is 0 Å². The molecule has 0 aliphatic rings. The molecule has 0 saturated carbocycles. The van der Waals surface area contributed by atoms with Crippen LogP contribution < -0.4 is 5.32 Å². The number of halogens is 1. The van der Waals surface area contributed by atoms with E-state index in [-0.39, 0.29) is 5.91 Å². The molecule has 1 amide bonds. The molecular formula is C16H16ClNOS. The van der Waals surface area contributed by atoms with Crippen LogP contribution in [0.1, 0.15) is 5.56 Å². The summed E-state index contributed by atoms with van der Waals surface area (Å²) in [7, 11) is 0. The maximum absolute atomic E-state index is 11.9. The van der Waals surface area contributed by atoms with Gasteiger partial charge in [0.1, 0.15) is 5.38 Å². The van der Waals surface area contributed by atoms with E-state index in [0.717, 1.165) is 10.5 Å². The van der Waals surface area contributed by atoms with Gasteiger partial charge >= 0.3 is 0 Å². The van der Waals surface area contributed by atoms with E-state index < -0.39 is 5.38 Å². The van der Waals surface area contributed by atoms with E-state index in [2.05, 4.69) is 5.32 Å². The number of rotatable bonds is 6. The maximum Gasteiger partial charge on any atom is 0.239 e. The molecular weight excluding hydrogens is 290 g/mol. The molecule has 2 aromatic carbocycles. The van der Waals surface area contributed by atoms with Gasteiger partial charge in [-0.05, 0) is 17.7 Å². The molecule has 104 valence electrons. The summed E-state index contributed by atoms with van der Waals surface area (Å²) in [4.78, 5) is 13.0. The third-order valence-corrected chi connectivity index (χ3v) is 4.37. The zero-order valence-electron chi connectivity index (χ0n) is 11.0. The van der Waals surface area contributed by atoms with E-state index >= 15 is 0 Å². The largest absolute Gasteiger partial charge is 0.351 e.